The maximum absolute atomic E-state index is 11.1. The highest BCUT2D eigenvalue weighted by Crippen LogP contribution is 2.23. The highest BCUT2D eigenvalue weighted by molar-refractivity contribution is 6.32. The third-order valence-electron chi connectivity index (χ3n) is 1.53. The van der Waals surface area contributed by atoms with Crippen molar-refractivity contribution < 1.29 is 14.3 Å². The summed E-state index contributed by atoms with van der Waals surface area (Å²) in [5.74, 6) is -0.129. The smallest absolute Gasteiger partial charge is 0.311 e. The van der Waals surface area contributed by atoms with Crippen LogP contribution in [-0.4, -0.2) is 12.3 Å². The summed E-state index contributed by atoms with van der Waals surface area (Å²) in [7, 11) is 0. The number of ether oxygens (including phenoxy) is 1. The summed E-state index contributed by atoms with van der Waals surface area (Å²) in [6.07, 6.45) is 0.922. The monoisotopic (exact) mass is 212 g/mol. The van der Waals surface area contributed by atoms with Crippen molar-refractivity contribution in [2.45, 2.75) is 12.8 Å². The van der Waals surface area contributed by atoms with Crippen LogP contribution in [0.1, 0.15) is 12.8 Å². The summed E-state index contributed by atoms with van der Waals surface area (Å²) in [5, 5.41) is 0.381. The Morgan fingerprint density at radius 2 is 2.14 bits per heavy atom. The molecule has 0 unspecified atom stereocenters. The number of hydrogen-bond acceptors (Lipinski definition) is 3. The minimum absolute atomic E-state index is 0.0781. The Kier molecular flexibility index (Phi) is 4.13. The topological polar surface area (TPSA) is 43.4 Å². The van der Waals surface area contributed by atoms with Gasteiger partial charge in [-0.3, -0.25) is 4.79 Å². The fraction of sp³-hybridized carbons (Fsp3) is 0.200. The molecule has 0 atom stereocenters. The van der Waals surface area contributed by atoms with Crippen LogP contribution in [0.3, 0.4) is 0 Å². The number of para-hydroxylation sites is 1. The Labute approximate surface area is 86.6 Å². The van der Waals surface area contributed by atoms with Crippen LogP contribution in [0.15, 0.2) is 24.3 Å². The van der Waals surface area contributed by atoms with E-state index < -0.39 is 5.97 Å². The largest absolute Gasteiger partial charge is 0.425 e. The molecule has 0 amide bonds. The lowest BCUT2D eigenvalue weighted by Crippen LogP contribution is -2.07. The van der Waals surface area contributed by atoms with E-state index in [0.29, 0.717) is 17.1 Å². The van der Waals surface area contributed by atoms with Crippen molar-refractivity contribution in [3.63, 3.8) is 0 Å². The van der Waals surface area contributed by atoms with Crippen LogP contribution in [0.25, 0.3) is 0 Å². The maximum atomic E-state index is 11.1. The molecule has 0 saturated heterocycles. The molecule has 0 aliphatic rings. The molecule has 1 rings (SSSR count). The van der Waals surface area contributed by atoms with Gasteiger partial charge in [-0.25, -0.2) is 0 Å². The van der Waals surface area contributed by atoms with Crippen molar-refractivity contribution >= 4 is 23.9 Å². The van der Waals surface area contributed by atoms with Gasteiger partial charge >= 0.3 is 5.97 Å². The molecule has 0 fully saturated rings. The van der Waals surface area contributed by atoms with Gasteiger partial charge in [0.1, 0.15) is 12.0 Å². The first kappa shape index (κ1) is 10.7. The Hall–Kier alpha value is -1.35. The van der Waals surface area contributed by atoms with Gasteiger partial charge in [0.15, 0.2) is 0 Å². The number of rotatable bonds is 4. The first-order valence-corrected chi connectivity index (χ1v) is 4.50. The maximum Gasteiger partial charge on any atom is 0.311 e. The van der Waals surface area contributed by atoms with E-state index in [2.05, 4.69) is 0 Å². The van der Waals surface area contributed by atoms with Crippen molar-refractivity contribution in [3.8, 4) is 5.75 Å². The van der Waals surface area contributed by atoms with Gasteiger partial charge in [-0.15, -0.1) is 0 Å². The molecule has 0 radical (unpaired) electrons. The molecular weight excluding hydrogens is 204 g/mol. The van der Waals surface area contributed by atoms with E-state index in [1.807, 2.05) is 0 Å². The molecular formula is C10H9ClO3. The van der Waals surface area contributed by atoms with E-state index >= 15 is 0 Å². The first-order valence-electron chi connectivity index (χ1n) is 4.13. The first-order chi connectivity index (χ1) is 6.74. The molecule has 0 spiro atoms. The number of aldehydes is 1. The Balaban J connectivity index is 2.56. The third-order valence-corrected chi connectivity index (χ3v) is 1.84. The molecule has 0 aliphatic carbocycles. The van der Waals surface area contributed by atoms with Crippen molar-refractivity contribution in [1.82, 2.24) is 0 Å². The highest BCUT2D eigenvalue weighted by Gasteiger charge is 2.06. The van der Waals surface area contributed by atoms with E-state index in [-0.39, 0.29) is 12.8 Å². The van der Waals surface area contributed by atoms with E-state index in [9.17, 15) is 9.59 Å². The number of halogens is 1. The summed E-state index contributed by atoms with van der Waals surface area (Å²) in [4.78, 5) is 21.1. The minimum atomic E-state index is -0.454. The van der Waals surface area contributed by atoms with E-state index in [4.69, 9.17) is 16.3 Å². The molecule has 3 nitrogen and oxygen atoms in total. The Morgan fingerprint density at radius 3 is 2.79 bits per heavy atom. The summed E-state index contributed by atoms with van der Waals surface area (Å²) in [6.45, 7) is 0. The second-order valence-corrected chi connectivity index (χ2v) is 3.02. The van der Waals surface area contributed by atoms with Crippen molar-refractivity contribution in [2.75, 3.05) is 0 Å². The van der Waals surface area contributed by atoms with Crippen LogP contribution in [0, 0.1) is 0 Å². The average molecular weight is 213 g/mol. The van der Waals surface area contributed by atoms with Crippen LogP contribution >= 0.6 is 11.6 Å². The van der Waals surface area contributed by atoms with E-state index in [1.165, 1.54) is 0 Å². The predicted octanol–water partition coefficient (Wildman–Crippen LogP) is 2.22. The highest BCUT2D eigenvalue weighted by atomic mass is 35.5. The van der Waals surface area contributed by atoms with E-state index in [1.54, 1.807) is 24.3 Å². The summed E-state index contributed by atoms with van der Waals surface area (Å²) in [6, 6.07) is 6.68. The lowest BCUT2D eigenvalue weighted by molar-refractivity contribution is -0.135. The average Bonchev–Trinajstić information content (AvgIpc) is 2.18. The molecule has 0 heterocycles. The summed E-state index contributed by atoms with van der Waals surface area (Å²) in [5.41, 5.74) is 0. The Bertz CT molecular complexity index is 336. The zero-order chi connectivity index (χ0) is 10.4. The van der Waals surface area contributed by atoms with Crippen LogP contribution in [0.4, 0.5) is 0 Å². The van der Waals surface area contributed by atoms with Crippen LogP contribution in [0.5, 0.6) is 5.75 Å². The van der Waals surface area contributed by atoms with Gasteiger partial charge in [0.2, 0.25) is 0 Å². The van der Waals surface area contributed by atoms with Crippen LogP contribution < -0.4 is 4.74 Å². The summed E-state index contributed by atoms with van der Waals surface area (Å²) < 4.78 is 4.92. The summed E-state index contributed by atoms with van der Waals surface area (Å²) >= 11 is 5.76. The molecule has 0 N–H and O–H groups in total. The lowest BCUT2D eigenvalue weighted by Gasteiger charge is -2.03. The van der Waals surface area contributed by atoms with Gasteiger partial charge in [0.05, 0.1) is 11.4 Å². The van der Waals surface area contributed by atoms with Gasteiger partial charge in [-0.2, -0.15) is 0 Å². The number of hydrogen-bond donors (Lipinski definition) is 0. The minimum Gasteiger partial charge on any atom is -0.425 e. The van der Waals surface area contributed by atoms with Gasteiger partial charge in [-0.05, 0) is 12.1 Å². The van der Waals surface area contributed by atoms with Crippen molar-refractivity contribution in [3.05, 3.63) is 29.3 Å². The molecule has 74 valence electrons. The quantitative estimate of drug-likeness (QED) is 0.437. The molecule has 0 aromatic heterocycles. The zero-order valence-electron chi connectivity index (χ0n) is 7.40. The predicted molar refractivity (Wildman–Crippen MR) is 52.4 cm³/mol. The van der Waals surface area contributed by atoms with Crippen molar-refractivity contribution in [2.24, 2.45) is 0 Å². The fourth-order valence-electron chi connectivity index (χ4n) is 0.878. The molecule has 0 aliphatic heterocycles. The second kappa shape index (κ2) is 5.40. The van der Waals surface area contributed by atoms with Gasteiger partial charge in [-0.1, -0.05) is 23.7 Å². The lowest BCUT2D eigenvalue weighted by atomic mass is 10.3. The second-order valence-electron chi connectivity index (χ2n) is 2.61. The molecule has 1 aromatic rings. The molecule has 0 saturated carbocycles. The number of esters is 1. The van der Waals surface area contributed by atoms with Gasteiger partial charge < -0.3 is 9.53 Å². The number of carbonyl (C=O) groups is 2. The third kappa shape index (κ3) is 3.18. The number of carbonyl (C=O) groups excluding carboxylic acids is 2. The zero-order valence-corrected chi connectivity index (χ0v) is 8.16. The Morgan fingerprint density at radius 1 is 1.43 bits per heavy atom. The SMILES string of the molecule is O=CCCC(=O)Oc1ccccc1Cl. The number of benzene rings is 1. The molecule has 14 heavy (non-hydrogen) atoms. The fourth-order valence-corrected chi connectivity index (χ4v) is 1.05. The van der Waals surface area contributed by atoms with E-state index in [0.717, 1.165) is 0 Å². The standard InChI is InChI=1S/C10H9ClO3/c11-8-4-1-2-5-9(8)14-10(13)6-3-7-12/h1-2,4-5,7H,3,6H2. The van der Waals surface area contributed by atoms with Crippen LogP contribution in [0.2, 0.25) is 5.02 Å². The van der Waals surface area contributed by atoms with Gasteiger partial charge in [0.25, 0.3) is 0 Å². The van der Waals surface area contributed by atoms with Gasteiger partial charge in [0, 0.05) is 6.42 Å². The molecule has 1 aromatic carbocycles. The molecule has 0 bridgehead atoms. The molecule has 4 heteroatoms. The normalized spacial score (nSPS) is 9.50. The van der Waals surface area contributed by atoms with Crippen LogP contribution in [-0.2, 0) is 9.59 Å². The van der Waals surface area contributed by atoms with Crippen molar-refractivity contribution in [1.29, 1.82) is 0 Å².